The zero-order chi connectivity index (χ0) is 21.5. The summed E-state index contributed by atoms with van der Waals surface area (Å²) in [5.41, 5.74) is -0.0175. The van der Waals surface area contributed by atoms with E-state index in [-0.39, 0.29) is 23.9 Å². The smallest absolute Gasteiger partial charge is 0.359 e. The van der Waals surface area contributed by atoms with Crippen LogP contribution < -0.4 is 5.32 Å². The average Bonchev–Trinajstić information content (AvgIpc) is 2.62. The van der Waals surface area contributed by atoms with Crippen molar-refractivity contribution >= 4 is 23.7 Å². The number of nitrogens with one attached hydrogen (secondary N) is 1. The molecule has 0 fully saturated rings. The van der Waals surface area contributed by atoms with Crippen LogP contribution in [0, 0.1) is 11.3 Å². The Bertz CT molecular complexity index is 670. The number of hydroxylamine groups is 2. The molecule has 8 heteroatoms. The molecular formula is C20H31N3O5. The van der Waals surface area contributed by atoms with E-state index in [1.54, 1.807) is 30.3 Å². The first-order chi connectivity index (χ1) is 12.9. The quantitative estimate of drug-likeness (QED) is 0.504. The maximum absolute atomic E-state index is 12.6. The number of amides is 5. The second kappa shape index (κ2) is 10.2. The predicted octanol–water partition coefficient (Wildman–Crippen LogP) is 3.70. The van der Waals surface area contributed by atoms with Gasteiger partial charge in [-0.25, -0.2) is 14.5 Å². The van der Waals surface area contributed by atoms with Gasteiger partial charge in [-0.1, -0.05) is 52.8 Å². The van der Waals surface area contributed by atoms with Gasteiger partial charge in [0.25, 0.3) is 5.91 Å². The molecule has 0 saturated carbocycles. The third-order valence-electron chi connectivity index (χ3n) is 3.83. The van der Waals surface area contributed by atoms with E-state index < -0.39 is 29.5 Å². The monoisotopic (exact) mass is 393 g/mol. The summed E-state index contributed by atoms with van der Waals surface area (Å²) in [5, 5.41) is 22.4. The minimum atomic E-state index is -1.52. The van der Waals surface area contributed by atoms with Crippen molar-refractivity contribution in [3.8, 4) is 0 Å². The topological polar surface area (TPSA) is 110 Å². The molecule has 0 heterocycles. The van der Waals surface area contributed by atoms with Gasteiger partial charge in [0.05, 0.1) is 0 Å². The van der Waals surface area contributed by atoms with E-state index in [9.17, 15) is 24.7 Å². The second-order valence-electron chi connectivity index (χ2n) is 8.36. The van der Waals surface area contributed by atoms with E-state index >= 15 is 0 Å². The van der Waals surface area contributed by atoms with Gasteiger partial charge in [0.1, 0.15) is 6.10 Å². The van der Waals surface area contributed by atoms with Gasteiger partial charge in [-0.15, -0.1) is 5.06 Å². The SMILES string of the molecule is CC(C)CC[C@H](O)C(=O)N(O)C(=O)N(CC(C)(C)C)C(=O)Nc1ccccc1. The Morgan fingerprint density at radius 1 is 1.07 bits per heavy atom. The first-order valence-electron chi connectivity index (χ1n) is 9.31. The van der Waals surface area contributed by atoms with Crippen molar-refractivity contribution in [1.29, 1.82) is 0 Å². The number of benzene rings is 1. The number of aliphatic hydroxyl groups is 1. The van der Waals surface area contributed by atoms with Gasteiger partial charge in [0, 0.05) is 12.2 Å². The Labute approximate surface area is 166 Å². The number of carbonyl (C=O) groups excluding carboxylic acids is 3. The average molecular weight is 393 g/mol. The summed E-state index contributed by atoms with van der Waals surface area (Å²) in [6.07, 6.45) is -0.865. The Morgan fingerprint density at radius 3 is 2.14 bits per heavy atom. The van der Waals surface area contributed by atoms with E-state index in [1.807, 2.05) is 34.6 Å². The summed E-state index contributed by atoms with van der Waals surface area (Å²) in [5.74, 6) is -0.906. The highest BCUT2D eigenvalue weighted by Crippen LogP contribution is 2.18. The van der Waals surface area contributed by atoms with Crippen molar-refractivity contribution in [3.63, 3.8) is 0 Å². The lowest BCUT2D eigenvalue weighted by Gasteiger charge is -2.30. The molecule has 0 aromatic heterocycles. The Morgan fingerprint density at radius 2 is 1.64 bits per heavy atom. The fraction of sp³-hybridized carbons (Fsp3) is 0.550. The zero-order valence-electron chi connectivity index (χ0n) is 17.2. The van der Waals surface area contributed by atoms with Crippen LogP contribution in [0.25, 0.3) is 0 Å². The van der Waals surface area contributed by atoms with Crippen molar-refractivity contribution in [1.82, 2.24) is 9.96 Å². The standard InChI is InChI=1S/C20H31N3O5/c1-14(2)11-12-16(24)17(25)23(28)19(27)22(13-20(3,4)5)18(26)21-15-9-7-6-8-10-15/h6-10,14,16,24,28H,11-13H2,1-5H3,(H,21,26)/t16-/m0/s1. The molecule has 0 spiro atoms. The summed E-state index contributed by atoms with van der Waals surface area (Å²) in [7, 11) is 0. The molecule has 1 atom stereocenters. The van der Waals surface area contributed by atoms with Gasteiger partial charge in [0.2, 0.25) is 0 Å². The number of nitrogens with zero attached hydrogens (tertiary/aromatic N) is 2. The second-order valence-corrected chi connectivity index (χ2v) is 8.36. The van der Waals surface area contributed by atoms with Crippen molar-refractivity contribution < 1.29 is 24.7 Å². The lowest BCUT2D eigenvalue weighted by molar-refractivity contribution is -0.164. The Hall–Kier alpha value is -2.45. The molecule has 0 unspecified atom stereocenters. The lowest BCUT2D eigenvalue weighted by Crippen LogP contribution is -2.53. The molecule has 1 aromatic carbocycles. The fourth-order valence-corrected chi connectivity index (χ4v) is 2.38. The normalized spacial score (nSPS) is 12.4. The minimum absolute atomic E-state index is 0.0447. The van der Waals surface area contributed by atoms with Crippen molar-refractivity contribution in [2.24, 2.45) is 11.3 Å². The van der Waals surface area contributed by atoms with Crippen LogP contribution in [0.2, 0.25) is 0 Å². The first-order valence-corrected chi connectivity index (χ1v) is 9.31. The van der Waals surface area contributed by atoms with E-state index in [4.69, 9.17) is 0 Å². The molecule has 1 aromatic rings. The van der Waals surface area contributed by atoms with Crippen LogP contribution >= 0.6 is 0 Å². The molecule has 156 valence electrons. The van der Waals surface area contributed by atoms with Gasteiger partial charge < -0.3 is 10.4 Å². The highest BCUT2D eigenvalue weighted by atomic mass is 16.5. The lowest BCUT2D eigenvalue weighted by atomic mass is 9.96. The van der Waals surface area contributed by atoms with Crippen LogP contribution in [0.15, 0.2) is 30.3 Å². The number of rotatable bonds is 6. The summed E-state index contributed by atoms with van der Waals surface area (Å²) in [4.78, 5) is 38.2. The van der Waals surface area contributed by atoms with Gasteiger partial charge in [0.15, 0.2) is 0 Å². The fourth-order valence-electron chi connectivity index (χ4n) is 2.38. The number of urea groups is 2. The largest absolute Gasteiger partial charge is 0.383 e. The molecule has 0 aliphatic rings. The van der Waals surface area contributed by atoms with E-state index in [1.165, 1.54) is 0 Å². The van der Waals surface area contributed by atoms with E-state index in [2.05, 4.69) is 5.32 Å². The number of para-hydroxylation sites is 1. The molecule has 28 heavy (non-hydrogen) atoms. The van der Waals surface area contributed by atoms with E-state index in [0.29, 0.717) is 12.1 Å². The molecule has 0 radical (unpaired) electrons. The minimum Gasteiger partial charge on any atom is -0.383 e. The summed E-state index contributed by atoms with van der Waals surface area (Å²) >= 11 is 0. The molecule has 0 aliphatic carbocycles. The third kappa shape index (κ3) is 7.66. The molecular weight excluding hydrogens is 362 g/mol. The number of anilines is 1. The Balaban J connectivity index is 2.94. The third-order valence-corrected chi connectivity index (χ3v) is 3.83. The summed E-state index contributed by atoms with van der Waals surface area (Å²) in [6, 6.07) is 6.52. The molecule has 3 N–H and O–H groups in total. The molecule has 0 bridgehead atoms. The summed E-state index contributed by atoms with van der Waals surface area (Å²) in [6.45, 7) is 9.24. The number of aliphatic hydroxyl groups excluding tert-OH is 1. The number of carbonyl (C=O) groups is 3. The van der Waals surface area contributed by atoms with Crippen LogP contribution in [0.3, 0.4) is 0 Å². The summed E-state index contributed by atoms with van der Waals surface area (Å²) < 4.78 is 0. The first kappa shape index (κ1) is 23.6. The van der Waals surface area contributed by atoms with Crippen molar-refractivity contribution in [3.05, 3.63) is 30.3 Å². The van der Waals surface area contributed by atoms with Crippen LogP contribution in [0.4, 0.5) is 15.3 Å². The van der Waals surface area contributed by atoms with Crippen molar-refractivity contribution in [2.45, 2.75) is 53.6 Å². The van der Waals surface area contributed by atoms with Gasteiger partial charge in [-0.05, 0) is 36.3 Å². The number of hydrogen-bond donors (Lipinski definition) is 3. The van der Waals surface area contributed by atoms with Crippen LogP contribution in [-0.4, -0.2) is 50.9 Å². The van der Waals surface area contributed by atoms with Crippen LogP contribution in [0.5, 0.6) is 0 Å². The molecule has 5 amide bonds. The van der Waals surface area contributed by atoms with Crippen LogP contribution in [-0.2, 0) is 4.79 Å². The number of hydrogen-bond acceptors (Lipinski definition) is 5. The van der Waals surface area contributed by atoms with E-state index in [0.717, 1.165) is 4.90 Å². The number of imide groups is 2. The predicted molar refractivity (Wildman–Crippen MR) is 106 cm³/mol. The zero-order valence-corrected chi connectivity index (χ0v) is 17.2. The van der Waals surface area contributed by atoms with Gasteiger partial charge >= 0.3 is 12.1 Å². The van der Waals surface area contributed by atoms with Gasteiger partial charge in [-0.3, -0.25) is 10.0 Å². The molecule has 8 nitrogen and oxygen atoms in total. The maximum atomic E-state index is 12.6. The highest BCUT2D eigenvalue weighted by Gasteiger charge is 2.35. The molecule has 0 aliphatic heterocycles. The molecule has 1 rings (SSSR count). The van der Waals surface area contributed by atoms with Crippen LogP contribution in [0.1, 0.15) is 47.5 Å². The maximum Gasteiger partial charge on any atom is 0.359 e. The highest BCUT2D eigenvalue weighted by molar-refractivity contribution is 6.05. The van der Waals surface area contributed by atoms with Crippen molar-refractivity contribution in [2.75, 3.05) is 11.9 Å². The molecule has 0 saturated heterocycles. The van der Waals surface area contributed by atoms with Gasteiger partial charge in [-0.2, -0.15) is 0 Å². The Kier molecular flexibility index (Phi) is 8.59.